The highest BCUT2D eigenvalue weighted by Gasteiger charge is 2.27. The Kier molecular flexibility index (Phi) is 3.01. The average molecular weight is 230 g/mol. The molecule has 1 fully saturated rings. The summed E-state index contributed by atoms with van der Waals surface area (Å²) in [5.41, 5.74) is 0. The molecule has 0 atom stereocenters. The highest BCUT2D eigenvalue weighted by molar-refractivity contribution is 7.89. The Morgan fingerprint density at radius 2 is 2.33 bits per heavy atom. The average Bonchev–Trinajstić information content (AvgIpc) is 2.81. The topological polar surface area (TPSA) is 87.7 Å². The third-order valence-electron chi connectivity index (χ3n) is 2.30. The molecule has 0 bridgehead atoms. The fourth-order valence-corrected chi connectivity index (χ4v) is 2.81. The van der Waals surface area contributed by atoms with Crippen LogP contribution in [-0.4, -0.2) is 35.9 Å². The molecule has 7 heteroatoms. The summed E-state index contributed by atoms with van der Waals surface area (Å²) in [6.07, 6.45) is 4.05. The van der Waals surface area contributed by atoms with Gasteiger partial charge in [-0.05, 0) is 18.8 Å². The molecule has 2 rings (SSSR count). The number of aromatic amines is 1. The van der Waals surface area contributed by atoms with Crippen molar-refractivity contribution in [2.24, 2.45) is 5.92 Å². The van der Waals surface area contributed by atoms with Crippen LogP contribution in [0.3, 0.4) is 0 Å². The van der Waals surface area contributed by atoms with Crippen LogP contribution in [0.25, 0.3) is 0 Å². The van der Waals surface area contributed by atoms with Crippen molar-refractivity contribution < 1.29 is 8.42 Å². The number of hydrogen-bond acceptors (Lipinski definition) is 4. The molecule has 84 valence electrons. The first-order valence-corrected chi connectivity index (χ1v) is 6.62. The summed E-state index contributed by atoms with van der Waals surface area (Å²) in [5, 5.41) is 6.36. The summed E-state index contributed by atoms with van der Waals surface area (Å²) in [6, 6.07) is 0. The van der Waals surface area contributed by atoms with Gasteiger partial charge in [0, 0.05) is 13.0 Å². The van der Waals surface area contributed by atoms with Gasteiger partial charge in [0.05, 0.1) is 5.75 Å². The van der Waals surface area contributed by atoms with Gasteiger partial charge in [0.15, 0.2) is 0 Å². The van der Waals surface area contributed by atoms with E-state index in [0.29, 0.717) is 24.7 Å². The zero-order valence-electron chi connectivity index (χ0n) is 8.31. The van der Waals surface area contributed by atoms with Crippen molar-refractivity contribution in [2.45, 2.75) is 19.3 Å². The molecule has 1 aliphatic carbocycles. The van der Waals surface area contributed by atoms with E-state index in [4.69, 9.17) is 0 Å². The molecule has 1 saturated carbocycles. The van der Waals surface area contributed by atoms with Crippen LogP contribution in [0, 0.1) is 5.92 Å². The van der Waals surface area contributed by atoms with Gasteiger partial charge >= 0.3 is 0 Å². The van der Waals surface area contributed by atoms with Crippen LogP contribution in [0.1, 0.15) is 18.7 Å². The van der Waals surface area contributed by atoms with Crippen LogP contribution < -0.4 is 4.72 Å². The Bertz CT molecular complexity index is 396. The lowest BCUT2D eigenvalue weighted by molar-refractivity contribution is 0.577. The highest BCUT2D eigenvalue weighted by atomic mass is 32.2. The lowest BCUT2D eigenvalue weighted by atomic mass is 10.4. The van der Waals surface area contributed by atoms with E-state index < -0.39 is 10.0 Å². The third kappa shape index (κ3) is 3.60. The van der Waals surface area contributed by atoms with Gasteiger partial charge < -0.3 is 0 Å². The quantitative estimate of drug-likeness (QED) is 0.701. The zero-order chi connectivity index (χ0) is 10.7. The lowest BCUT2D eigenvalue weighted by Gasteiger charge is -2.03. The Hall–Kier alpha value is -0.950. The van der Waals surface area contributed by atoms with Crippen molar-refractivity contribution in [3.8, 4) is 0 Å². The minimum atomic E-state index is -3.08. The minimum absolute atomic E-state index is 0.267. The zero-order valence-corrected chi connectivity index (χ0v) is 9.13. The molecule has 0 aromatic carbocycles. The van der Waals surface area contributed by atoms with Crippen molar-refractivity contribution >= 4 is 10.0 Å². The van der Waals surface area contributed by atoms with Crippen LogP contribution in [0.5, 0.6) is 0 Å². The molecule has 1 aliphatic rings. The number of nitrogens with one attached hydrogen (secondary N) is 2. The molecule has 15 heavy (non-hydrogen) atoms. The number of H-pyrrole nitrogens is 1. The SMILES string of the molecule is O=S(=O)(CC1CC1)NCCc1ncn[nH]1. The van der Waals surface area contributed by atoms with Gasteiger partial charge in [0.25, 0.3) is 0 Å². The normalized spacial score (nSPS) is 16.8. The maximum Gasteiger partial charge on any atom is 0.211 e. The van der Waals surface area contributed by atoms with Gasteiger partial charge in [-0.3, -0.25) is 5.10 Å². The maximum atomic E-state index is 11.5. The van der Waals surface area contributed by atoms with E-state index in [1.54, 1.807) is 0 Å². The van der Waals surface area contributed by atoms with Crippen LogP contribution in [0.2, 0.25) is 0 Å². The van der Waals surface area contributed by atoms with Crippen LogP contribution >= 0.6 is 0 Å². The van der Waals surface area contributed by atoms with Crippen LogP contribution in [0.15, 0.2) is 6.33 Å². The summed E-state index contributed by atoms with van der Waals surface area (Å²) in [6.45, 7) is 0.379. The molecule has 1 aromatic heterocycles. The number of hydrogen-bond donors (Lipinski definition) is 2. The second-order valence-electron chi connectivity index (χ2n) is 3.80. The summed E-state index contributed by atoms with van der Waals surface area (Å²) in [7, 11) is -3.08. The number of rotatable bonds is 6. The summed E-state index contributed by atoms with van der Waals surface area (Å²) >= 11 is 0. The molecule has 2 N–H and O–H groups in total. The fourth-order valence-electron chi connectivity index (χ4n) is 1.33. The molecule has 1 aromatic rings. The first kappa shape index (κ1) is 10.6. The lowest BCUT2D eigenvalue weighted by Crippen LogP contribution is -2.29. The summed E-state index contributed by atoms with van der Waals surface area (Å²) in [5.74, 6) is 1.35. The van der Waals surface area contributed by atoms with Crippen molar-refractivity contribution in [1.29, 1.82) is 0 Å². The van der Waals surface area contributed by atoms with Gasteiger partial charge in [-0.15, -0.1) is 0 Å². The third-order valence-corrected chi connectivity index (χ3v) is 3.85. The van der Waals surface area contributed by atoms with Crippen molar-refractivity contribution in [3.63, 3.8) is 0 Å². The van der Waals surface area contributed by atoms with E-state index in [0.717, 1.165) is 12.8 Å². The van der Waals surface area contributed by atoms with E-state index in [1.807, 2.05) is 0 Å². The largest absolute Gasteiger partial charge is 0.263 e. The van der Waals surface area contributed by atoms with Gasteiger partial charge in [0.2, 0.25) is 10.0 Å². The van der Waals surface area contributed by atoms with Gasteiger partial charge in [-0.1, -0.05) is 0 Å². The van der Waals surface area contributed by atoms with Gasteiger partial charge in [-0.2, -0.15) is 5.10 Å². The van der Waals surface area contributed by atoms with Crippen LogP contribution in [0.4, 0.5) is 0 Å². The Morgan fingerprint density at radius 1 is 1.53 bits per heavy atom. The summed E-state index contributed by atoms with van der Waals surface area (Å²) < 4.78 is 25.5. The highest BCUT2D eigenvalue weighted by Crippen LogP contribution is 2.29. The molecule has 0 unspecified atom stereocenters. The van der Waals surface area contributed by atoms with Crippen LogP contribution in [-0.2, 0) is 16.4 Å². The molecule has 0 saturated heterocycles. The van der Waals surface area contributed by atoms with Gasteiger partial charge in [-0.25, -0.2) is 18.1 Å². The predicted molar refractivity (Wildman–Crippen MR) is 54.6 cm³/mol. The smallest absolute Gasteiger partial charge is 0.211 e. The molecule has 0 spiro atoms. The summed E-state index contributed by atoms with van der Waals surface area (Å²) in [4.78, 5) is 3.91. The van der Waals surface area contributed by atoms with E-state index in [1.165, 1.54) is 6.33 Å². The minimum Gasteiger partial charge on any atom is -0.263 e. The first-order valence-electron chi connectivity index (χ1n) is 4.97. The maximum absolute atomic E-state index is 11.5. The second-order valence-corrected chi connectivity index (χ2v) is 5.65. The second kappa shape index (κ2) is 4.28. The molecule has 0 amide bonds. The Labute approximate surface area is 88.5 Å². The monoisotopic (exact) mass is 230 g/mol. The van der Waals surface area contributed by atoms with Gasteiger partial charge in [0.1, 0.15) is 12.2 Å². The molecule has 0 radical (unpaired) electrons. The fraction of sp³-hybridized carbons (Fsp3) is 0.750. The molecule has 0 aliphatic heterocycles. The Morgan fingerprint density at radius 3 is 2.93 bits per heavy atom. The van der Waals surface area contributed by atoms with E-state index in [2.05, 4.69) is 19.9 Å². The standard InChI is InChI=1S/C8H14N4O2S/c13-15(14,5-7-1-2-7)11-4-3-8-9-6-10-12-8/h6-7,11H,1-5H2,(H,9,10,12). The molecule has 1 heterocycles. The Balaban J connectivity index is 1.72. The number of nitrogens with zero attached hydrogens (tertiary/aromatic N) is 2. The van der Waals surface area contributed by atoms with Crippen molar-refractivity contribution in [1.82, 2.24) is 19.9 Å². The van der Waals surface area contributed by atoms with Crippen molar-refractivity contribution in [3.05, 3.63) is 12.2 Å². The predicted octanol–water partition coefficient (Wildman–Crippen LogP) is -0.323. The molecule has 6 nitrogen and oxygen atoms in total. The van der Waals surface area contributed by atoms with E-state index >= 15 is 0 Å². The van der Waals surface area contributed by atoms with E-state index in [9.17, 15) is 8.42 Å². The number of aromatic nitrogens is 3. The van der Waals surface area contributed by atoms with E-state index in [-0.39, 0.29) is 5.75 Å². The molecular formula is C8H14N4O2S. The van der Waals surface area contributed by atoms with Crippen molar-refractivity contribution in [2.75, 3.05) is 12.3 Å². The molecular weight excluding hydrogens is 216 g/mol. The first-order chi connectivity index (χ1) is 7.16. The number of sulfonamides is 1.